The molecule has 11 heavy (non-hydrogen) atoms. The van der Waals surface area contributed by atoms with E-state index in [9.17, 15) is 8.42 Å². The van der Waals surface area contributed by atoms with Gasteiger partial charge in [-0.2, -0.15) is 8.42 Å². The predicted molar refractivity (Wildman–Crippen MR) is 39.4 cm³/mol. The fraction of sp³-hybridized carbons (Fsp3) is 1.00. The smallest absolute Gasteiger partial charge is 0.264 e. The first-order chi connectivity index (χ1) is 5.06. The van der Waals surface area contributed by atoms with Crippen molar-refractivity contribution in [2.75, 3.05) is 19.4 Å². The standard InChI is InChI=1S/C4H9N3O3S/c1-11(8,9)10-4-2-3-6-7-5/h2-4H2,1H3. The van der Waals surface area contributed by atoms with E-state index >= 15 is 0 Å². The summed E-state index contributed by atoms with van der Waals surface area (Å²) in [4.78, 5) is 2.49. The minimum atomic E-state index is -3.35. The zero-order valence-corrected chi connectivity index (χ0v) is 6.91. The van der Waals surface area contributed by atoms with Crippen LogP contribution in [0.15, 0.2) is 5.11 Å². The molecule has 0 unspecified atom stereocenters. The molecule has 0 aromatic heterocycles. The van der Waals surface area contributed by atoms with E-state index in [0.29, 0.717) is 6.42 Å². The molecule has 0 aliphatic carbocycles. The monoisotopic (exact) mass is 179 g/mol. The maximum atomic E-state index is 10.3. The highest BCUT2D eigenvalue weighted by Crippen LogP contribution is 1.89. The summed E-state index contributed by atoms with van der Waals surface area (Å²) in [6.07, 6.45) is 1.39. The molecule has 7 heteroatoms. The van der Waals surface area contributed by atoms with Gasteiger partial charge in [-0.3, -0.25) is 4.18 Å². The van der Waals surface area contributed by atoms with E-state index in [2.05, 4.69) is 14.2 Å². The van der Waals surface area contributed by atoms with Gasteiger partial charge in [0.2, 0.25) is 0 Å². The third-order valence-electron chi connectivity index (χ3n) is 0.763. The van der Waals surface area contributed by atoms with Gasteiger partial charge in [0.15, 0.2) is 0 Å². The van der Waals surface area contributed by atoms with Gasteiger partial charge in [0.25, 0.3) is 10.1 Å². The van der Waals surface area contributed by atoms with Gasteiger partial charge in [0, 0.05) is 11.5 Å². The minimum Gasteiger partial charge on any atom is -0.270 e. The highest BCUT2D eigenvalue weighted by atomic mass is 32.2. The Morgan fingerprint density at radius 3 is 2.73 bits per heavy atom. The normalized spacial score (nSPS) is 10.6. The van der Waals surface area contributed by atoms with E-state index in [1.54, 1.807) is 0 Å². The van der Waals surface area contributed by atoms with Gasteiger partial charge in [-0.05, 0) is 12.0 Å². The molecule has 6 nitrogen and oxygen atoms in total. The van der Waals surface area contributed by atoms with E-state index in [4.69, 9.17) is 5.53 Å². The van der Waals surface area contributed by atoms with Gasteiger partial charge in [0.1, 0.15) is 0 Å². The lowest BCUT2D eigenvalue weighted by Gasteiger charge is -1.96. The predicted octanol–water partition coefficient (Wildman–Crippen LogP) is 0.663. The summed E-state index contributed by atoms with van der Waals surface area (Å²) in [5, 5.41) is 3.20. The summed E-state index contributed by atoms with van der Waals surface area (Å²) in [5.41, 5.74) is 7.82. The van der Waals surface area contributed by atoms with Gasteiger partial charge in [-0.15, -0.1) is 0 Å². The van der Waals surface area contributed by atoms with Crippen molar-refractivity contribution in [2.45, 2.75) is 6.42 Å². The van der Waals surface area contributed by atoms with E-state index in [1.165, 1.54) is 0 Å². The van der Waals surface area contributed by atoms with Crippen LogP contribution in [0.2, 0.25) is 0 Å². The van der Waals surface area contributed by atoms with Crippen LogP contribution in [-0.4, -0.2) is 27.8 Å². The van der Waals surface area contributed by atoms with Crippen molar-refractivity contribution >= 4 is 10.1 Å². The maximum Gasteiger partial charge on any atom is 0.264 e. The van der Waals surface area contributed by atoms with Crippen molar-refractivity contribution in [1.29, 1.82) is 0 Å². The van der Waals surface area contributed by atoms with Crippen LogP contribution in [0.25, 0.3) is 10.4 Å². The average Bonchev–Trinajstić information content (AvgIpc) is 1.85. The van der Waals surface area contributed by atoms with Gasteiger partial charge in [0.05, 0.1) is 12.9 Å². The molecule has 0 spiro atoms. The SMILES string of the molecule is CS(=O)(=O)OCCCN=[N+]=[N-]. The zero-order valence-electron chi connectivity index (χ0n) is 6.10. The van der Waals surface area contributed by atoms with Crippen LogP contribution in [0, 0.1) is 0 Å². The van der Waals surface area contributed by atoms with Crippen LogP contribution in [0.1, 0.15) is 6.42 Å². The van der Waals surface area contributed by atoms with Gasteiger partial charge in [-0.1, -0.05) is 5.11 Å². The molecular weight excluding hydrogens is 170 g/mol. The summed E-state index contributed by atoms with van der Waals surface area (Å²) in [6, 6.07) is 0. The molecule has 0 saturated carbocycles. The number of hydrogen-bond donors (Lipinski definition) is 0. The molecule has 0 aliphatic heterocycles. The molecule has 0 aromatic carbocycles. The van der Waals surface area contributed by atoms with Crippen molar-refractivity contribution < 1.29 is 12.6 Å². The van der Waals surface area contributed by atoms with Gasteiger partial charge in [-0.25, -0.2) is 0 Å². The van der Waals surface area contributed by atoms with Crippen LogP contribution in [0.4, 0.5) is 0 Å². The Morgan fingerprint density at radius 1 is 1.64 bits per heavy atom. The molecule has 0 fully saturated rings. The Morgan fingerprint density at radius 2 is 2.27 bits per heavy atom. The first kappa shape index (κ1) is 10.2. The topological polar surface area (TPSA) is 92.1 Å². The van der Waals surface area contributed by atoms with E-state index in [-0.39, 0.29) is 13.2 Å². The highest BCUT2D eigenvalue weighted by molar-refractivity contribution is 7.85. The molecule has 0 saturated heterocycles. The lowest BCUT2D eigenvalue weighted by atomic mass is 10.5. The Bertz CT molecular complexity index is 241. The molecule has 0 bridgehead atoms. The molecule has 64 valence electrons. The molecule has 0 aliphatic rings. The Labute approximate surface area is 64.9 Å². The fourth-order valence-corrected chi connectivity index (χ4v) is 0.811. The lowest BCUT2D eigenvalue weighted by molar-refractivity contribution is 0.318. The highest BCUT2D eigenvalue weighted by Gasteiger charge is 1.98. The Hall–Kier alpha value is -0.780. The second kappa shape index (κ2) is 4.95. The van der Waals surface area contributed by atoms with E-state index in [1.807, 2.05) is 0 Å². The molecule has 0 radical (unpaired) electrons. The van der Waals surface area contributed by atoms with Crippen LogP contribution in [0.3, 0.4) is 0 Å². The van der Waals surface area contributed by atoms with Crippen molar-refractivity contribution in [1.82, 2.24) is 0 Å². The van der Waals surface area contributed by atoms with Gasteiger partial charge >= 0.3 is 0 Å². The molecule has 0 atom stereocenters. The second-order valence-corrected chi connectivity index (χ2v) is 3.48. The summed E-state index contributed by atoms with van der Waals surface area (Å²) >= 11 is 0. The minimum absolute atomic E-state index is 0.0673. The third kappa shape index (κ3) is 9.22. The molecule has 0 rings (SSSR count). The molecule has 0 N–H and O–H groups in total. The third-order valence-corrected chi connectivity index (χ3v) is 1.36. The first-order valence-electron chi connectivity index (χ1n) is 2.91. The summed E-state index contributed by atoms with van der Waals surface area (Å²) < 4.78 is 25.0. The Balaban J connectivity index is 3.36. The van der Waals surface area contributed by atoms with Crippen LogP contribution >= 0.6 is 0 Å². The second-order valence-electron chi connectivity index (χ2n) is 1.83. The van der Waals surface area contributed by atoms with E-state index in [0.717, 1.165) is 6.26 Å². The van der Waals surface area contributed by atoms with Gasteiger partial charge < -0.3 is 0 Å². The largest absolute Gasteiger partial charge is 0.270 e. The quantitative estimate of drug-likeness (QED) is 0.204. The summed E-state index contributed by atoms with van der Waals surface area (Å²) in [5.74, 6) is 0. The number of rotatable bonds is 5. The van der Waals surface area contributed by atoms with Crippen LogP contribution in [-0.2, 0) is 14.3 Å². The van der Waals surface area contributed by atoms with Crippen molar-refractivity contribution in [3.8, 4) is 0 Å². The van der Waals surface area contributed by atoms with Crippen molar-refractivity contribution in [3.63, 3.8) is 0 Å². The van der Waals surface area contributed by atoms with E-state index < -0.39 is 10.1 Å². The van der Waals surface area contributed by atoms with Crippen molar-refractivity contribution in [3.05, 3.63) is 10.4 Å². The molecule has 0 heterocycles. The first-order valence-corrected chi connectivity index (χ1v) is 4.73. The Kier molecular flexibility index (Phi) is 4.60. The summed E-state index contributed by atoms with van der Waals surface area (Å²) in [6.45, 7) is 0.323. The number of hydrogen-bond acceptors (Lipinski definition) is 4. The molecule has 0 amide bonds. The van der Waals surface area contributed by atoms with Crippen LogP contribution in [0.5, 0.6) is 0 Å². The van der Waals surface area contributed by atoms with Crippen molar-refractivity contribution in [2.24, 2.45) is 5.11 Å². The molecular formula is C4H9N3O3S. The number of azide groups is 1. The average molecular weight is 179 g/mol. The number of nitrogens with zero attached hydrogens (tertiary/aromatic N) is 3. The zero-order chi connectivity index (χ0) is 8.74. The van der Waals surface area contributed by atoms with Crippen LogP contribution < -0.4 is 0 Å². The summed E-state index contributed by atoms with van der Waals surface area (Å²) in [7, 11) is -3.35. The fourth-order valence-electron chi connectivity index (χ4n) is 0.390. The lowest BCUT2D eigenvalue weighted by Crippen LogP contribution is -2.04. The maximum absolute atomic E-state index is 10.3. The molecule has 0 aromatic rings.